The molecule has 0 spiro atoms. The van der Waals surface area contributed by atoms with Gasteiger partial charge in [0.25, 0.3) is 0 Å². The van der Waals surface area contributed by atoms with Gasteiger partial charge in [-0.25, -0.2) is 0 Å². The Kier molecular flexibility index (Phi) is 47.8. The molecule has 0 radical (unpaired) electrons. The molecule has 80 heavy (non-hydrogen) atoms. The topological polar surface area (TPSA) is 105 Å². The van der Waals surface area contributed by atoms with Crippen molar-refractivity contribution in [2.75, 3.05) is 26.4 Å². The first-order chi connectivity index (χ1) is 58.4. The Hall–Kier alpha value is -3.68. The summed E-state index contributed by atoms with van der Waals surface area (Å²) >= 11 is 0. The Bertz CT molecular complexity index is 1540. The van der Waals surface area contributed by atoms with Crippen molar-refractivity contribution in [2.45, 2.75) is 337 Å². The van der Waals surface area contributed by atoms with Crippen molar-refractivity contribution in [2.24, 2.45) is 0 Å². The smallest absolute Gasteiger partial charge is 0.305 e. The number of ether oxygens (including phenoxy) is 4. The Balaban J connectivity index is -0.0000000383. The highest BCUT2D eigenvalue weighted by Gasteiger charge is 2.06. The van der Waals surface area contributed by atoms with Crippen molar-refractivity contribution in [3.63, 3.8) is 0 Å². The average molecular weight is 1210 g/mol. The lowest BCUT2D eigenvalue weighted by atomic mass is 10.1. The molecule has 0 unspecified atom stereocenters. The van der Waals surface area contributed by atoms with Crippen molar-refractivity contribution >= 4 is 23.9 Å². The van der Waals surface area contributed by atoms with Crippen LogP contribution in [0.1, 0.15) is 398 Å². The average Bonchev–Trinajstić information content (AvgIpc) is 1.06. The van der Waals surface area contributed by atoms with E-state index in [-0.39, 0.29) is 40.2 Å². The summed E-state index contributed by atoms with van der Waals surface area (Å²) in [7, 11) is 0. The summed E-state index contributed by atoms with van der Waals surface area (Å²) in [6.07, 6.45) is 76.0. The molecule has 0 saturated heterocycles. The molecule has 510 valence electrons. The van der Waals surface area contributed by atoms with Gasteiger partial charge in [-0.3, -0.25) is 19.2 Å². The molecular weight excluding hydrogens is 993 g/mol. The van der Waals surface area contributed by atoms with E-state index in [4.69, 9.17) is 78.3 Å². The van der Waals surface area contributed by atoms with Crippen molar-refractivity contribution < 1.29 is 98.9 Å². The van der Waals surface area contributed by atoms with Gasteiger partial charge in [-0.15, -0.1) is 13.2 Å². The molecular formula is C72H174O8. The van der Waals surface area contributed by atoms with E-state index in [9.17, 15) is 19.2 Å². The van der Waals surface area contributed by atoms with Gasteiger partial charge in [0.05, 0.1) is 26.4 Å². The second-order valence-electron chi connectivity index (χ2n) is 21.6. The maximum Gasteiger partial charge on any atom is 0.305 e. The summed E-state index contributed by atoms with van der Waals surface area (Å²) in [6.45, 7) is 14.0. The van der Waals surface area contributed by atoms with E-state index in [0.717, 1.165) is 109 Å². The maximum absolute atomic E-state index is 11.5. The van der Waals surface area contributed by atoms with Crippen LogP contribution in [-0.2, 0) is 38.1 Å². The summed E-state index contributed by atoms with van der Waals surface area (Å²) in [4.78, 5) is 45.8. The molecule has 0 N–H and O–H groups in total. The van der Waals surface area contributed by atoms with Crippen LogP contribution in [0.15, 0.2) is 73.9 Å². The van der Waals surface area contributed by atoms with Crippen LogP contribution in [0.2, 0.25) is 0 Å². The van der Waals surface area contributed by atoms with Crippen molar-refractivity contribution in [3.05, 3.63) is 73.9 Å². The molecule has 8 heteroatoms. The number of hydrogen-bond acceptors (Lipinski definition) is 8. The van der Waals surface area contributed by atoms with Crippen molar-refractivity contribution in [1.29, 1.82) is 0 Å². The normalized spacial score (nSPS) is 17.7. The van der Waals surface area contributed by atoms with Gasteiger partial charge in [0, 0.05) is 86.5 Å². The van der Waals surface area contributed by atoms with Crippen LogP contribution >= 0.6 is 0 Å². The van der Waals surface area contributed by atoms with E-state index in [1.807, 2.05) is 12.2 Å². The van der Waals surface area contributed by atoms with Gasteiger partial charge in [-0.1, -0.05) is 204 Å². The first-order valence-electron chi connectivity index (χ1n) is 52.8. The zero-order valence-electron chi connectivity index (χ0n) is 91.2. The lowest BCUT2D eigenvalue weighted by molar-refractivity contribution is -0.144. The molecule has 0 fully saturated rings. The van der Waals surface area contributed by atoms with Crippen LogP contribution in [-0.4, -0.2) is 50.3 Å². The Morgan fingerprint density at radius 2 is 0.713 bits per heavy atom. The molecule has 0 amide bonds. The quantitative estimate of drug-likeness (QED) is 0.0303. The molecule has 2 rings (SSSR count). The number of carbonyl (C=O) groups is 4. The number of carbonyl (C=O) groups excluding carboxylic acids is 4. The number of unbranched alkanes of at least 4 members (excludes halogenated alkanes) is 18. The van der Waals surface area contributed by atoms with E-state index in [0.29, 0.717) is 52.1 Å². The van der Waals surface area contributed by atoms with Crippen LogP contribution in [0, 0.1) is 0 Å². The lowest BCUT2D eigenvalue weighted by Gasteiger charge is -2.05. The second kappa shape index (κ2) is 75.3. The van der Waals surface area contributed by atoms with Gasteiger partial charge < -0.3 is 18.9 Å². The molecule has 2 heterocycles. The van der Waals surface area contributed by atoms with E-state index in [2.05, 4.69) is 75.6 Å². The highest BCUT2D eigenvalue weighted by Crippen LogP contribution is 2.14. The third kappa shape index (κ3) is 76.4. The van der Waals surface area contributed by atoms with E-state index in [1.165, 1.54) is 173 Å². The summed E-state index contributed by atoms with van der Waals surface area (Å²) in [6, 6.07) is 0. The monoisotopic (exact) mass is 1210 g/mol. The van der Waals surface area contributed by atoms with Gasteiger partial charge in [0.2, 0.25) is 0 Å². The molecule has 0 aromatic rings. The molecule has 0 saturated carbocycles. The first-order valence-corrected chi connectivity index (χ1v) is 32.8. The van der Waals surface area contributed by atoms with Gasteiger partial charge in [-0.05, 0) is 168 Å². The predicted molar refractivity (Wildman–Crippen MR) is 392 cm³/mol. The molecule has 2 aliphatic rings. The van der Waals surface area contributed by atoms with Gasteiger partial charge in [0.15, 0.2) is 0 Å². The fraction of sp³-hybridized carbons (Fsp3) is 0.778. The van der Waals surface area contributed by atoms with Gasteiger partial charge in [-0.2, -0.15) is 0 Å². The molecule has 0 aliphatic carbocycles. The first kappa shape index (κ1) is 50.8. The van der Waals surface area contributed by atoms with Crippen LogP contribution < -0.4 is 0 Å². The van der Waals surface area contributed by atoms with Crippen LogP contribution in [0.25, 0.3) is 0 Å². The molecule has 0 bridgehead atoms. The van der Waals surface area contributed by atoms with Gasteiger partial charge in [0.1, 0.15) is 0 Å². The zero-order valence-corrected chi connectivity index (χ0v) is 51.2. The summed E-state index contributed by atoms with van der Waals surface area (Å²) in [5.74, 6) is -0.0398. The summed E-state index contributed by atoms with van der Waals surface area (Å²) in [5, 5.41) is 0. The standard InChI is InChI=1S/C20H36O2.C18H32O2.C17H30O2.C15H26O2.2CH4.21H2/c1-3-5-7-9-11-13-15-17-19-22-20(21)18-16-14-12-10-8-6-4-2;1-3-5-7-9-11-12-14-16-18(19)20-17-15-13-10-8-6-4-2;18-17-15-13-11-9-7-5-3-1-2-4-6-8-10-12-14-16-19-17;16-15-13-11-9-7-5-3-1-2-4-6-8-10-12-14-17-15;;;;;;;;;;;;;;;;;;;;;;;/h3-4,6H,1,5,7-19H2,2H3;3-5H,2,6-17H2,1H3;1,3H,2,4-16H2;1-2H,3-14H2;2*1H4;21*1H/b6-4+;5-3+;;;;;;;;;;;;;;;;;;;;;;;;;/i;;;;;;20*1+1D;1+1. The zero-order chi connectivity index (χ0) is 97.0. The minimum atomic E-state index is -0.0236. The van der Waals surface area contributed by atoms with Crippen molar-refractivity contribution in [3.8, 4) is 0 Å². The minimum absolute atomic E-state index is 0. The highest BCUT2D eigenvalue weighted by atomic mass is 16.5. The fourth-order valence-corrected chi connectivity index (χ4v) is 9.01. The van der Waals surface area contributed by atoms with E-state index in [1.54, 1.807) is 0 Å². The highest BCUT2D eigenvalue weighted by molar-refractivity contribution is 5.70. The van der Waals surface area contributed by atoms with E-state index < -0.39 is 0 Å². The predicted octanol–water partition coefficient (Wildman–Crippen LogP) is 27.9. The number of hydrogen-bond donors (Lipinski definition) is 0. The Labute approximate surface area is 560 Å². The van der Waals surface area contributed by atoms with Gasteiger partial charge >= 0.3 is 23.9 Å². The van der Waals surface area contributed by atoms with Crippen molar-refractivity contribution in [1.82, 2.24) is 0 Å². The summed E-state index contributed by atoms with van der Waals surface area (Å²) in [5.41, 5.74) is 0. The maximum atomic E-state index is 11.5. The SMILES string of the molecule is C.C.C=CCCCCCCCCOC(=O)CCCCCC/C=C/C.C=CCCCCCCOC(=O)CCCCCC/C=C/C.O=C1CCCCCCC=CCCCCCCCCO1.O=C1CCCCCCC=CCCCCCCO1.[2HH].[2H][2H].[2H][2H].[2H][2H].[2H][2H].[2H][2H].[2H][2H].[2H][2H].[2H][2H].[2H][2H].[2H][2H].[2H][2H].[2H][2H].[2H][2H].[2H][2H].[2H][2H].[2H][2H].[2H][2H].[2H][2H].[2H][2H].[2H][2H]. The third-order valence-electron chi connectivity index (χ3n) is 14.0. The number of cyclic esters (lactones) is 2. The second-order valence-corrected chi connectivity index (χ2v) is 21.6. The molecule has 0 atom stereocenters. The van der Waals surface area contributed by atoms with Crippen LogP contribution in [0.3, 0.4) is 0 Å². The summed E-state index contributed by atoms with van der Waals surface area (Å²) < 4.78 is 221. The molecule has 2 aliphatic heterocycles. The number of allylic oxidation sites excluding steroid dienone is 10. The molecule has 8 nitrogen and oxygen atoms in total. The molecule has 0 aromatic carbocycles. The Morgan fingerprint density at radius 1 is 0.425 bits per heavy atom. The third-order valence-corrected chi connectivity index (χ3v) is 14.0. The lowest BCUT2D eigenvalue weighted by Crippen LogP contribution is -2.05. The minimum Gasteiger partial charge on any atom is -0.466 e. The number of rotatable bonds is 30. The fourth-order valence-electron chi connectivity index (χ4n) is 9.01. The van der Waals surface area contributed by atoms with Crippen LogP contribution in [0.5, 0.6) is 0 Å². The number of esters is 4. The Morgan fingerprint density at radius 3 is 1.06 bits per heavy atom. The van der Waals surface area contributed by atoms with Crippen LogP contribution in [0.4, 0.5) is 0 Å². The molecule has 0 aromatic heterocycles. The van der Waals surface area contributed by atoms with E-state index >= 15 is 0 Å². The largest absolute Gasteiger partial charge is 0.466 e.